The van der Waals surface area contributed by atoms with Crippen LogP contribution in [0.15, 0.2) is 18.2 Å². The van der Waals surface area contributed by atoms with Crippen LogP contribution in [0.25, 0.3) is 0 Å². The Bertz CT molecular complexity index is 507. The number of hydrogen-bond donors (Lipinski definition) is 0. The molecule has 1 aromatic carbocycles. The minimum atomic E-state index is 0.597. The smallest absolute Gasteiger partial charge is 0.0401 e. The minimum absolute atomic E-state index is 0.597. The van der Waals surface area contributed by atoms with Crippen LogP contribution in [0, 0.1) is 0 Å². The summed E-state index contributed by atoms with van der Waals surface area (Å²) in [5, 5.41) is 0. The van der Waals surface area contributed by atoms with Gasteiger partial charge in [0.15, 0.2) is 0 Å². The molecule has 23 heavy (non-hydrogen) atoms. The molecule has 2 fully saturated rings. The van der Waals surface area contributed by atoms with Gasteiger partial charge in [0.1, 0.15) is 0 Å². The highest BCUT2D eigenvalue weighted by Gasteiger charge is 2.27. The predicted octanol–water partition coefficient (Wildman–Crippen LogP) is 5.00. The third-order valence-electron chi connectivity index (χ3n) is 5.80. The van der Waals surface area contributed by atoms with E-state index in [1.165, 1.54) is 68.7 Å². The molecular formula is C21H34N2. The molecule has 0 atom stereocenters. The Kier molecular flexibility index (Phi) is 5.31. The average Bonchev–Trinajstić information content (AvgIpc) is 3.09. The molecule has 0 radical (unpaired) electrons. The first-order valence-corrected chi connectivity index (χ1v) is 9.69. The number of anilines is 1. The van der Waals surface area contributed by atoms with Crippen molar-refractivity contribution in [1.82, 2.24) is 4.90 Å². The van der Waals surface area contributed by atoms with E-state index in [2.05, 4.69) is 55.7 Å². The highest BCUT2D eigenvalue weighted by atomic mass is 15.2. The standard InChI is InChI=1S/C21H34N2/c1-16(2)18-7-8-21(20(15-18)17(3)4)23-13-9-19(10-14-23)22-11-5-6-12-22/h7-8,15-17,19H,5-6,9-14H2,1-4H3. The summed E-state index contributed by atoms with van der Waals surface area (Å²) >= 11 is 0. The molecule has 2 aliphatic rings. The van der Waals surface area contributed by atoms with E-state index in [9.17, 15) is 0 Å². The van der Waals surface area contributed by atoms with Crippen molar-refractivity contribution < 1.29 is 0 Å². The van der Waals surface area contributed by atoms with Crippen molar-refractivity contribution >= 4 is 5.69 Å². The van der Waals surface area contributed by atoms with Gasteiger partial charge in [0.2, 0.25) is 0 Å². The van der Waals surface area contributed by atoms with Crippen LogP contribution in [0.1, 0.15) is 76.3 Å². The fourth-order valence-corrected chi connectivity index (χ4v) is 4.26. The molecule has 2 aliphatic heterocycles. The minimum Gasteiger partial charge on any atom is -0.371 e. The number of nitrogens with zero attached hydrogens (tertiary/aromatic N) is 2. The monoisotopic (exact) mass is 314 g/mol. The third kappa shape index (κ3) is 3.74. The van der Waals surface area contributed by atoms with Crippen LogP contribution in [0.3, 0.4) is 0 Å². The summed E-state index contributed by atoms with van der Waals surface area (Å²) in [4.78, 5) is 5.38. The van der Waals surface area contributed by atoms with Crippen molar-refractivity contribution in [1.29, 1.82) is 0 Å². The van der Waals surface area contributed by atoms with Gasteiger partial charge in [-0.05, 0) is 67.8 Å². The molecule has 0 unspecified atom stereocenters. The lowest BCUT2D eigenvalue weighted by molar-refractivity contribution is 0.208. The molecule has 2 nitrogen and oxygen atoms in total. The van der Waals surface area contributed by atoms with E-state index < -0.39 is 0 Å². The zero-order valence-corrected chi connectivity index (χ0v) is 15.5. The molecular weight excluding hydrogens is 280 g/mol. The molecule has 2 heterocycles. The lowest BCUT2D eigenvalue weighted by Crippen LogP contribution is -2.44. The fraction of sp³-hybridized carbons (Fsp3) is 0.714. The van der Waals surface area contributed by atoms with Crippen molar-refractivity contribution in [3.8, 4) is 0 Å². The predicted molar refractivity (Wildman–Crippen MR) is 101 cm³/mol. The van der Waals surface area contributed by atoms with Gasteiger partial charge in [0, 0.05) is 24.8 Å². The summed E-state index contributed by atoms with van der Waals surface area (Å²) < 4.78 is 0. The Labute approximate surface area is 142 Å². The van der Waals surface area contributed by atoms with E-state index in [-0.39, 0.29) is 0 Å². The van der Waals surface area contributed by atoms with Crippen molar-refractivity contribution in [2.45, 2.75) is 71.3 Å². The van der Waals surface area contributed by atoms with Crippen molar-refractivity contribution in [3.05, 3.63) is 29.3 Å². The van der Waals surface area contributed by atoms with Crippen LogP contribution in [0.4, 0.5) is 5.69 Å². The summed E-state index contributed by atoms with van der Waals surface area (Å²) in [6.07, 6.45) is 5.50. The second-order valence-corrected chi connectivity index (χ2v) is 8.09. The highest BCUT2D eigenvalue weighted by Crippen LogP contribution is 2.33. The van der Waals surface area contributed by atoms with Crippen molar-refractivity contribution in [2.75, 3.05) is 31.1 Å². The lowest BCUT2D eigenvalue weighted by atomic mass is 9.92. The topological polar surface area (TPSA) is 6.48 Å². The van der Waals surface area contributed by atoms with Gasteiger partial charge in [-0.3, -0.25) is 0 Å². The van der Waals surface area contributed by atoms with Crippen LogP contribution in [0.2, 0.25) is 0 Å². The third-order valence-corrected chi connectivity index (χ3v) is 5.80. The van der Waals surface area contributed by atoms with E-state index in [4.69, 9.17) is 0 Å². The first-order valence-electron chi connectivity index (χ1n) is 9.69. The first-order chi connectivity index (χ1) is 11.1. The molecule has 0 amide bonds. The first kappa shape index (κ1) is 16.8. The number of likely N-dealkylation sites (tertiary alicyclic amines) is 1. The lowest BCUT2D eigenvalue weighted by Gasteiger charge is -2.39. The Morgan fingerprint density at radius 2 is 1.52 bits per heavy atom. The summed E-state index contributed by atoms with van der Waals surface area (Å²) in [7, 11) is 0. The Morgan fingerprint density at radius 3 is 2.09 bits per heavy atom. The van der Waals surface area contributed by atoms with Crippen LogP contribution < -0.4 is 4.90 Å². The molecule has 1 aromatic rings. The SMILES string of the molecule is CC(C)c1ccc(N2CCC(N3CCCC3)CC2)c(C(C)C)c1. The van der Waals surface area contributed by atoms with Gasteiger partial charge in [-0.2, -0.15) is 0 Å². The van der Waals surface area contributed by atoms with Crippen molar-refractivity contribution in [2.24, 2.45) is 0 Å². The van der Waals surface area contributed by atoms with Gasteiger partial charge >= 0.3 is 0 Å². The molecule has 0 aromatic heterocycles. The summed E-state index contributed by atoms with van der Waals surface area (Å²) in [5.74, 6) is 1.21. The quantitative estimate of drug-likeness (QED) is 0.772. The Balaban J connectivity index is 1.72. The van der Waals surface area contributed by atoms with Gasteiger partial charge in [0.25, 0.3) is 0 Å². The summed E-state index contributed by atoms with van der Waals surface area (Å²) in [6.45, 7) is 14.4. The van der Waals surface area contributed by atoms with Gasteiger partial charge in [0.05, 0.1) is 0 Å². The van der Waals surface area contributed by atoms with Crippen LogP contribution >= 0.6 is 0 Å². The van der Waals surface area contributed by atoms with E-state index in [1.807, 2.05) is 0 Å². The largest absolute Gasteiger partial charge is 0.371 e. The van der Waals surface area contributed by atoms with Crippen LogP contribution in [-0.2, 0) is 0 Å². The molecule has 0 N–H and O–H groups in total. The van der Waals surface area contributed by atoms with E-state index in [1.54, 1.807) is 0 Å². The maximum absolute atomic E-state index is 2.74. The van der Waals surface area contributed by atoms with Gasteiger partial charge < -0.3 is 9.80 Å². The Morgan fingerprint density at radius 1 is 0.870 bits per heavy atom. The molecule has 0 bridgehead atoms. The molecule has 2 saturated heterocycles. The number of hydrogen-bond acceptors (Lipinski definition) is 2. The maximum atomic E-state index is 2.74. The number of piperidine rings is 1. The zero-order valence-electron chi connectivity index (χ0n) is 15.5. The molecule has 0 aliphatic carbocycles. The van der Waals surface area contributed by atoms with Gasteiger partial charge in [-0.25, -0.2) is 0 Å². The molecule has 3 rings (SSSR count). The molecule has 0 saturated carbocycles. The van der Waals surface area contributed by atoms with E-state index in [0.29, 0.717) is 11.8 Å². The van der Waals surface area contributed by atoms with Crippen LogP contribution in [-0.4, -0.2) is 37.1 Å². The van der Waals surface area contributed by atoms with E-state index >= 15 is 0 Å². The van der Waals surface area contributed by atoms with Gasteiger partial charge in [-0.15, -0.1) is 0 Å². The molecule has 128 valence electrons. The second kappa shape index (κ2) is 7.25. The zero-order chi connectivity index (χ0) is 16.4. The average molecular weight is 315 g/mol. The second-order valence-electron chi connectivity index (χ2n) is 8.09. The fourth-order valence-electron chi connectivity index (χ4n) is 4.26. The molecule has 0 spiro atoms. The summed E-state index contributed by atoms with van der Waals surface area (Å²) in [6, 6.07) is 8.03. The normalized spacial score (nSPS) is 20.9. The van der Waals surface area contributed by atoms with Gasteiger partial charge in [-0.1, -0.05) is 39.8 Å². The highest BCUT2D eigenvalue weighted by molar-refractivity contribution is 5.57. The Hall–Kier alpha value is -1.02. The maximum Gasteiger partial charge on any atom is 0.0401 e. The van der Waals surface area contributed by atoms with Crippen LogP contribution in [0.5, 0.6) is 0 Å². The van der Waals surface area contributed by atoms with Crippen molar-refractivity contribution in [3.63, 3.8) is 0 Å². The number of rotatable bonds is 4. The molecule has 2 heteroatoms. The van der Waals surface area contributed by atoms with E-state index in [0.717, 1.165) is 6.04 Å². The number of benzene rings is 1. The summed E-state index contributed by atoms with van der Waals surface area (Å²) in [5.41, 5.74) is 4.50.